The number of carbonyl (C=O) groups is 6. The van der Waals surface area contributed by atoms with Crippen molar-refractivity contribution >= 4 is 69.8 Å². The first-order valence-electron chi connectivity index (χ1n) is 24.9. The number of ether oxygens (including phenoxy) is 4. The highest BCUT2D eigenvalue weighted by atomic mass is 16.5. The second kappa shape index (κ2) is 26.2. The van der Waals surface area contributed by atoms with Crippen LogP contribution in [0.25, 0.3) is 33.7 Å². The van der Waals surface area contributed by atoms with Gasteiger partial charge in [0.05, 0.1) is 93.8 Å². The maximum absolute atomic E-state index is 14.2. The molecule has 3 aromatic heterocycles. The van der Waals surface area contributed by atoms with Crippen LogP contribution >= 0.6 is 0 Å². The lowest BCUT2D eigenvalue weighted by Gasteiger charge is -2.27. The van der Waals surface area contributed by atoms with Gasteiger partial charge in [0, 0.05) is 62.0 Å². The number of urea groups is 1. The van der Waals surface area contributed by atoms with E-state index in [4.69, 9.17) is 35.5 Å². The Morgan fingerprint density at radius 1 is 0.833 bits per heavy atom. The molecule has 3 aromatic carbocycles. The molecule has 0 spiro atoms. The number of hydrogen-bond acceptors (Lipinski definition) is 20. The number of carboxylic acids is 1. The zero-order valence-electron chi connectivity index (χ0n) is 42.5. The van der Waals surface area contributed by atoms with E-state index < -0.39 is 29.9 Å². The maximum Gasteiger partial charge on any atom is 0.333 e. The van der Waals surface area contributed by atoms with Crippen LogP contribution in [0.3, 0.4) is 0 Å². The van der Waals surface area contributed by atoms with Crippen LogP contribution in [0.2, 0.25) is 0 Å². The maximum atomic E-state index is 14.2. The molecule has 0 radical (unpaired) electrons. The van der Waals surface area contributed by atoms with Crippen molar-refractivity contribution in [3.05, 3.63) is 95.3 Å². The van der Waals surface area contributed by atoms with Gasteiger partial charge in [-0.15, -0.1) is 0 Å². The number of rotatable bonds is 26. The molecule has 78 heavy (non-hydrogen) atoms. The minimum Gasteiger partial charge on any atom is -0.508 e. The van der Waals surface area contributed by atoms with Crippen molar-refractivity contribution in [2.24, 2.45) is 0 Å². The summed E-state index contributed by atoms with van der Waals surface area (Å²) in [6.45, 7) is 3.84. The first-order chi connectivity index (χ1) is 37.7. The Hall–Kier alpha value is -8.89. The van der Waals surface area contributed by atoms with Gasteiger partial charge in [0.25, 0.3) is 5.91 Å². The summed E-state index contributed by atoms with van der Waals surface area (Å²) < 4.78 is 23.4. The third-order valence-electron chi connectivity index (χ3n) is 12.3. The summed E-state index contributed by atoms with van der Waals surface area (Å²) in [5.41, 5.74) is 19.2. The van der Waals surface area contributed by atoms with Crippen LogP contribution in [0.4, 0.5) is 27.9 Å². The predicted molar refractivity (Wildman–Crippen MR) is 282 cm³/mol. The molecule has 1 fully saturated rings. The fourth-order valence-electron chi connectivity index (χ4n) is 8.47. The Bertz CT molecular complexity index is 3130. The highest BCUT2D eigenvalue weighted by Crippen LogP contribution is 2.44. The number of nitrogens with zero attached hydrogens (tertiary/aromatic N) is 8. The number of fused-ring (bicyclic) bond motifs is 4. The number of phenols is 1. The lowest BCUT2D eigenvalue weighted by Crippen LogP contribution is -2.49. The minimum atomic E-state index is -1.31. The summed E-state index contributed by atoms with van der Waals surface area (Å²) in [6, 6.07) is 16.0. The Labute approximate surface area is 446 Å². The van der Waals surface area contributed by atoms with Crippen molar-refractivity contribution in [2.75, 3.05) is 108 Å². The number of aliphatic carboxylic acids is 1. The van der Waals surface area contributed by atoms with Gasteiger partial charge in [-0.1, -0.05) is 12.1 Å². The number of morpholine rings is 1. The predicted octanol–water partition coefficient (Wildman–Crippen LogP) is 1.32. The first-order valence-corrected chi connectivity index (χ1v) is 24.9. The lowest BCUT2D eigenvalue weighted by molar-refractivity contribution is -0.139. The highest BCUT2D eigenvalue weighted by molar-refractivity contribution is 6.27. The molecule has 27 nitrogen and oxygen atoms in total. The number of amides is 5. The summed E-state index contributed by atoms with van der Waals surface area (Å²) in [4.78, 5) is 96.3. The molecule has 0 saturated carbocycles. The smallest absolute Gasteiger partial charge is 0.333 e. The molecular formula is C51H59N15O12. The van der Waals surface area contributed by atoms with E-state index in [0.29, 0.717) is 72.3 Å². The number of carboxylic acid groups (broad SMARTS) is 1. The molecule has 5 amide bonds. The highest BCUT2D eigenvalue weighted by Gasteiger charge is 2.37. The van der Waals surface area contributed by atoms with Crippen LogP contribution in [0, 0.1) is 0 Å². The standard InChI is InChI=1S/C51H59N15O12/c1-64(28-32-27-56-47-43(57-32)46(52)60-50(53)61-47)33-9-5-31(6-10-33)48(71)58-37(49(72)73)13-14-38(68)54-15-19-75-23-25-78-26-24-76-20-16-55-39(69)29-66-44(30-7-11-34(67)12-8-30)41-42(62-66)35-3-2-4-36(40(35)45(41)70)59-51(74)63-65-17-21-77-22-18-65/h2-12,27,37,67H,13-26,28-29H2,1H3,(H,54,68)(H,55,69)(H,58,71)(H,72,73)(H2,59,63,74)(H4,52,53,56,60,61)/t37-/m0/s1. The molecule has 1 saturated heterocycles. The van der Waals surface area contributed by atoms with E-state index in [9.17, 15) is 39.0 Å². The van der Waals surface area contributed by atoms with Gasteiger partial charge in [0.2, 0.25) is 17.8 Å². The summed E-state index contributed by atoms with van der Waals surface area (Å²) in [7, 11) is 1.82. The van der Waals surface area contributed by atoms with Gasteiger partial charge in [-0.05, 0) is 61.0 Å². The summed E-state index contributed by atoms with van der Waals surface area (Å²) in [6.07, 6.45) is 1.26. The zero-order chi connectivity index (χ0) is 55.1. The topological polar surface area (TPSA) is 368 Å². The van der Waals surface area contributed by atoms with E-state index in [1.54, 1.807) is 65.8 Å². The monoisotopic (exact) mass is 1070 g/mol. The van der Waals surface area contributed by atoms with Crippen LogP contribution in [-0.4, -0.2) is 173 Å². The number of anilines is 4. The molecule has 4 heterocycles. The first kappa shape index (κ1) is 55.3. The number of benzene rings is 3. The van der Waals surface area contributed by atoms with E-state index in [1.807, 2.05) is 11.9 Å². The van der Waals surface area contributed by atoms with Gasteiger partial charge in [-0.2, -0.15) is 15.1 Å². The summed E-state index contributed by atoms with van der Waals surface area (Å²) in [5, 5.41) is 37.0. The number of carbonyl (C=O) groups excluding carboxylic acids is 5. The number of phenolic OH excluding ortho intramolecular Hbond substituents is 1. The van der Waals surface area contributed by atoms with Crippen molar-refractivity contribution in [3.63, 3.8) is 0 Å². The van der Waals surface area contributed by atoms with Crippen LogP contribution < -0.4 is 43.1 Å². The van der Waals surface area contributed by atoms with Gasteiger partial charge in [-0.3, -0.25) is 29.3 Å². The second-order valence-corrected chi connectivity index (χ2v) is 17.8. The Morgan fingerprint density at radius 2 is 1.51 bits per heavy atom. The average molecular weight is 1070 g/mol. The van der Waals surface area contributed by atoms with Crippen LogP contribution in [0.1, 0.15) is 44.8 Å². The number of ketones is 1. The summed E-state index contributed by atoms with van der Waals surface area (Å²) in [5.74, 6) is -2.92. The van der Waals surface area contributed by atoms with E-state index in [0.717, 1.165) is 5.69 Å². The third-order valence-corrected chi connectivity index (χ3v) is 12.3. The number of aromatic hydroxyl groups is 1. The number of nitrogen functional groups attached to an aromatic ring is 2. The van der Waals surface area contributed by atoms with Gasteiger partial charge >= 0.3 is 12.0 Å². The summed E-state index contributed by atoms with van der Waals surface area (Å²) >= 11 is 0. The number of hydrazine groups is 1. The van der Waals surface area contributed by atoms with E-state index in [1.165, 1.54) is 16.8 Å². The molecule has 1 aliphatic heterocycles. The van der Waals surface area contributed by atoms with Crippen LogP contribution in [-0.2, 0) is 46.4 Å². The molecule has 8 rings (SSSR count). The van der Waals surface area contributed by atoms with Crippen molar-refractivity contribution in [2.45, 2.75) is 32.0 Å². The second-order valence-electron chi connectivity index (χ2n) is 17.8. The third kappa shape index (κ3) is 14.3. The Balaban J connectivity index is 0.682. The SMILES string of the molecule is CN(Cc1cnc2nc(N)nc(N)c2n1)c1ccc(C(=O)N[C@@H](CCC(=O)NCCOCCOCCOCCNC(=O)Cn2nc3c(c2-c2ccc(O)cc2)C(=O)c2c(NC(=O)NN4CCOCC4)cccc2-3)C(=O)O)cc1. The largest absolute Gasteiger partial charge is 0.508 e. The van der Waals surface area contributed by atoms with Gasteiger partial charge < -0.3 is 66.8 Å². The molecule has 6 aromatic rings. The van der Waals surface area contributed by atoms with Gasteiger partial charge in [-0.25, -0.2) is 24.6 Å². The quantitative estimate of drug-likeness (QED) is 0.0345. The fourth-order valence-corrected chi connectivity index (χ4v) is 8.47. The lowest BCUT2D eigenvalue weighted by atomic mass is 10.0. The number of hydrogen-bond donors (Lipinski definition) is 9. The van der Waals surface area contributed by atoms with E-state index in [-0.39, 0.29) is 124 Å². The number of aromatic nitrogens is 6. The van der Waals surface area contributed by atoms with Gasteiger partial charge in [0.1, 0.15) is 24.0 Å². The molecule has 1 aliphatic carbocycles. The Kier molecular flexibility index (Phi) is 18.6. The molecular weight excluding hydrogens is 1010 g/mol. The van der Waals surface area contributed by atoms with Crippen molar-refractivity contribution in [3.8, 4) is 28.3 Å². The average Bonchev–Trinajstić information content (AvgIpc) is 4.09. The normalized spacial score (nSPS) is 13.3. The van der Waals surface area contributed by atoms with Crippen LogP contribution in [0.15, 0.2) is 72.9 Å². The number of nitrogens with one attached hydrogen (secondary N) is 5. The van der Waals surface area contributed by atoms with E-state index >= 15 is 0 Å². The fraction of sp³-hybridized carbons (Fsp3) is 0.353. The van der Waals surface area contributed by atoms with Gasteiger partial charge in [0.15, 0.2) is 22.8 Å². The zero-order valence-corrected chi connectivity index (χ0v) is 42.5. The Morgan fingerprint density at radius 3 is 2.21 bits per heavy atom. The number of nitrogens with two attached hydrogens (primary N) is 2. The molecule has 27 heteroatoms. The van der Waals surface area contributed by atoms with Crippen molar-refractivity contribution in [1.29, 1.82) is 0 Å². The molecule has 410 valence electrons. The molecule has 2 aliphatic rings. The molecule has 11 N–H and O–H groups in total. The van der Waals surface area contributed by atoms with Crippen molar-refractivity contribution < 1.29 is 57.9 Å². The minimum absolute atomic E-state index is 0.00308. The molecule has 1 atom stereocenters. The van der Waals surface area contributed by atoms with Crippen molar-refractivity contribution in [1.82, 2.24) is 56.1 Å². The molecule has 0 bridgehead atoms. The van der Waals surface area contributed by atoms with Crippen LogP contribution in [0.5, 0.6) is 5.75 Å². The molecule has 0 unspecified atom stereocenters. The van der Waals surface area contributed by atoms with E-state index in [2.05, 4.69) is 46.6 Å².